The van der Waals surface area contributed by atoms with Crippen molar-refractivity contribution < 1.29 is 27.8 Å². The Kier molecular flexibility index (Phi) is 4.86. The lowest BCUT2D eigenvalue weighted by atomic mass is 10.1. The van der Waals surface area contributed by atoms with Gasteiger partial charge in [0.25, 0.3) is 10.0 Å². The zero-order valence-corrected chi connectivity index (χ0v) is 17.7. The second kappa shape index (κ2) is 7.72. The molecular formula is C24H19NO6S. The molecule has 32 heavy (non-hydrogen) atoms. The molecule has 0 saturated heterocycles. The van der Waals surface area contributed by atoms with Crippen molar-refractivity contribution in [1.82, 2.24) is 3.97 Å². The maximum atomic E-state index is 13.9. The summed E-state index contributed by atoms with van der Waals surface area (Å²) in [6.45, 7) is 0.0516. The molecule has 0 radical (unpaired) electrons. The topological polar surface area (TPSA) is 94.8 Å². The second-order valence-corrected chi connectivity index (χ2v) is 9.22. The number of benzene rings is 3. The summed E-state index contributed by atoms with van der Waals surface area (Å²) in [6, 6.07) is 19.5. The fourth-order valence-electron chi connectivity index (χ4n) is 3.94. The van der Waals surface area contributed by atoms with E-state index in [1.165, 1.54) is 10.2 Å². The molecule has 3 aromatic carbocycles. The van der Waals surface area contributed by atoms with Gasteiger partial charge in [0.2, 0.25) is 6.79 Å². The van der Waals surface area contributed by atoms with E-state index < -0.39 is 16.0 Å². The van der Waals surface area contributed by atoms with Crippen molar-refractivity contribution in [2.45, 2.75) is 17.7 Å². The number of ether oxygens (including phenoxy) is 2. The third-order valence-electron chi connectivity index (χ3n) is 5.46. The van der Waals surface area contributed by atoms with Gasteiger partial charge in [-0.05, 0) is 29.7 Å². The summed E-state index contributed by atoms with van der Waals surface area (Å²) in [5.41, 5.74) is 2.40. The molecule has 4 aromatic rings. The Morgan fingerprint density at radius 3 is 2.41 bits per heavy atom. The third-order valence-corrected chi connectivity index (χ3v) is 7.20. The van der Waals surface area contributed by atoms with Crippen LogP contribution in [0.1, 0.15) is 12.0 Å². The van der Waals surface area contributed by atoms with Crippen LogP contribution in [0, 0.1) is 0 Å². The minimum Gasteiger partial charge on any atom is -0.481 e. The van der Waals surface area contributed by atoms with Gasteiger partial charge in [-0.3, -0.25) is 4.79 Å². The number of carboxylic acid groups (broad SMARTS) is 1. The van der Waals surface area contributed by atoms with Crippen molar-refractivity contribution in [3.05, 3.63) is 78.5 Å². The zero-order valence-electron chi connectivity index (χ0n) is 16.9. The molecule has 0 saturated carbocycles. The Morgan fingerprint density at radius 2 is 1.66 bits per heavy atom. The number of nitrogens with zero attached hydrogens (tertiary/aromatic N) is 1. The smallest absolute Gasteiger partial charge is 0.303 e. The molecule has 0 fully saturated rings. The van der Waals surface area contributed by atoms with Gasteiger partial charge in [-0.1, -0.05) is 48.5 Å². The van der Waals surface area contributed by atoms with Crippen LogP contribution in [0.3, 0.4) is 0 Å². The lowest BCUT2D eigenvalue weighted by Gasteiger charge is -2.13. The largest absolute Gasteiger partial charge is 0.481 e. The number of hydrogen-bond acceptors (Lipinski definition) is 5. The number of fused-ring (bicyclic) bond motifs is 2. The monoisotopic (exact) mass is 449 g/mol. The molecule has 5 rings (SSSR count). The number of aliphatic carboxylic acids is 1. The van der Waals surface area contributed by atoms with Crippen LogP contribution in [-0.2, 0) is 21.2 Å². The van der Waals surface area contributed by atoms with Gasteiger partial charge in [0, 0.05) is 29.6 Å². The van der Waals surface area contributed by atoms with Crippen molar-refractivity contribution in [2.75, 3.05) is 6.79 Å². The lowest BCUT2D eigenvalue weighted by molar-refractivity contribution is -0.136. The molecular weight excluding hydrogens is 430 g/mol. The lowest BCUT2D eigenvalue weighted by Crippen LogP contribution is -2.13. The highest BCUT2D eigenvalue weighted by atomic mass is 32.2. The summed E-state index contributed by atoms with van der Waals surface area (Å²) < 4.78 is 39.9. The Labute approximate surface area is 184 Å². The van der Waals surface area contributed by atoms with Crippen molar-refractivity contribution in [2.24, 2.45) is 0 Å². The summed E-state index contributed by atoms with van der Waals surface area (Å²) >= 11 is 0. The highest BCUT2D eigenvalue weighted by Gasteiger charge is 2.27. The molecule has 1 aromatic heterocycles. The Balaban J connectivity index is 1.72. The second-order valence-electron chi connectivity index (χ2n) is 7.43. The predicted octanol–water partition coefficient (Wildman–Crippen LogP) is 4.29. The van der Waals surface area contributed by atoms with E-state index in [0.29, 0.717) is 33.5 Å². The molecule has 0 aliphatic carbocycles. The van der Waals surface area contributed by atoms with Crippen molar-refractivity contribution in [3.8, 4) is 22.6 Å². The van der Waals surface area contributed by atoms with E-state index in [-0.39, 0.29) is 24.5 Å². The van der Waals surface area contributed by atoms with Crippen LogP contribution in [0.25, 0.3) is 22.0 Å². The molecule has 1 N–H and O–H groups in total. The number of hydrogen-bond donors (Lipinski definition) is 1. The molecule has 1 aliphatic heterocycles. The fraction of sp³-hybridized carbons (Fsp3) is 0.125. The third kappa shape index (κ3) is 3.38. The SMILES string of the molecule is O=C(O)CCc1cn(S(=O)(=O)c2ccccc2-c2ccccc2)c2cc3c(cc12)OCO3. The molecule has 0 unspecified atom stereocenters. The van der Waals surface area contributed by atoms with Gasteiger partial charge < -0.3 is 14.6 Å². The number of carboxylic acids is 1. The molecule has 1 aliphatic rings. The number of aryl methyl sites for hydroxylation is 1. The first-order chi connectivity index (χ1) is 15.4. The molecule has 0 spiro atoms. The van der Waals surface area contributed by atoms with Crippen LogP contribution in [0.5, 0.6) is 11.5 Å². The summed E-state index contributed by atoms with van der Waals surface area (Å²) in [6.07, 6.45) is 1.57. The van der Waals surface area contributed by atoms with Crippen LogP contribution >= 0.6 is 0 Å². The molecule has 0 atom stereocenters. The first-order valence-corrected chi connectivity index (χ1v) is 11.4. The fourth-order valence-corrected chi connectivity index (χ4v) is 5.55. The van der Waals surface area contributed by atoms with Gasteiger partial charge in [-0.2, -0.15) is 0 Å². The van der Waals surface area contributed by atoms with Crippen LogP contribution in [-0.4, -0.2) is 30.3 Å². The number of carbonyl (C=O) groups is 1. The van der Waals surface area contributed by atoms with Crippen molar-refractivity contribution in [3.63, 3.8) is 0 Å². The zero-order chi connectivity index (χ0) is 22.3. The predicted molar refractivity (Wildman–Crippen MR) is 118 cm³/mol. The Morgan fingerprint density at radius 1 is 0.969 bits per heavy atom. The highest BCUT2D eigenvalue weighted by molar-refractivity contribution is 7.90. The maximum absolute atomic E-state index is 13.9. The maximum Gasteiger partial charge on any atom is 0.303 e. The van der Waals surface area contributed by atoms with E-state index in [1.807, 2.05) is 30.3 Å². The standard InChI is InChI=1S/C24H19NO6S/c26-24(27)11-10-17-14-25(20-13-22-21(12-19(17)20)30-15-31-22)32(28,29)23-9-5-4-8-18(23)16-6-2-1-3-7-16/h1-9,12-14H,10-11,15H2,(H,26,27). The van der Waals surface area contributed by atoms with Crippen molar-refractivity contribution in [1.29, 1.82) is 0 Å². The van der Waals surface area contributed by atoms with E-state index in [4.69, 9.17) is 14.6 Å². The van der Waals surface area contributed by atoms with Gasteiger partial charge >= 0.3 is 5.97 Å². The first-order valence-electron chi connectivity index (χ1n) is 10.0. The summed E-state index contributed by atoms with van der Waals surface area (Å²) in [5.74, 6) is 0.00557. The molecule has 8 heteroatoms. The van der Waals surface area contributed by atoms with E-state index in [0.717, 1.165) is 5.56 Å². The first kappa shape index (κ1) is 20.1. The van der Waals surface area contributed by atoms with E-state index in [9.17, 15) is 13.2 Å². The van der Waals surface area contributed by atoms with Gasteiger partial charge in [0.05, 0.1) is 10.4 Å². The molecule has 7 nitrogen and oxygen atoms in total. The van der Waals surface area contributed by atoms with E-state index >= 15 is 0 Å². The molecule has 0 bridgehead atoms. The minimum atomic E-state index is -4.01. The number of rotatable bonds is 6. The van der Waals surface area contributed by atoms with Gasteiger partial charge in [-0.15, -0.1) is 0 Å². The quantitative estimate of drug-likeness (QED) is 0.472. The summed E-state index contributed by atoms with van der Waals surface area (Å²) in [4.78, 5) is 11.3. The van der Waals surface area contributed by atoms with Crippen molar-refractivity contribution >= 4 is 26.9 Å². The van der Waals surface area contributed by atoms with E-state index in [2.05, 4.69) is 0 Å². The van der Waals surface area contributed by atoms with Crippen LogP contribution < -0.4 is 9.47 Å². The molecule has 0 amide bonds. The minimum absolute atomic E-state index is 0.0516. The van der Waals surface area contributed by atoms with Gasteiger partial charge in [-0.25, -0.2) is 12.4 Å². The molecule has 2 heterocycles. The highest BCUT2D eigenvalue weighted by Crippen LogP contribution is 2.40. The van der Waals surface area contributed by atoms with Crippen LogP contribution in [0.4, 0.5) is 0 Å². The Bertz CT molecular complexity index is 1440. The summed E-state index contributed by atoms with van der Waals surface area (Å²) in [7, 11) is -4.01. The normalized spacial score (nSPS) is 12.9. The van der Waals surface area contributed by atoms with Crippen LogP contribution in [0.15, 0.2) is 77.8 Å². The average Bonchev–Trinajstić information content (AvgIpc) is 3.41. The van der Waals surface area contributed by atoms with Gasteiger partial charge in [0.1, 0.15) is 0 Å². The molecule has 162 valence electrons. The summed E-state index contributed by atoms with van der Waals surface area (Å²) in [5, 5.41) is 9.76. The number of aromatic nitrogens is 1. The van der Waals surface area contributed by atoms with E-state index in [1.54, 1.807) is 36.4 Å². The van der Waals surface area contributed by atoms with Crippen LogP contribution in [0.2, 0.25) is 0 Å². The Hall–Kier alpha value is -3.78. The van der Waals surface area contributed by atoms with Gasteiger partial charge in [0.15, 0.2) is 11.5 Å². The average molecular weight is 449 g/mol.